The lowest BCUT2D eigenvalue weighted by Gasteiger charge is -2.31. The number of nitrogens with zero attached hydrogens (tertiary/aromatic N) is 1. The number of likely N-dealkylation sites (tertiary alicyclic amines) is 1. The van der Waals surface area contributed by atoms with Gasteiger partial charge < -0.3 is 26.4 Å². The zero-order chi connectivity index (χ0) is 20.7. The number of nitrogens with two attached hydrogens (primary N) is 1. The summed E-state index contributed by atoms with van der Waals surface area (Å²) in [4.78, 5) is 49.6. The van der Waals surface area contributed by atoms with Gasteiger partial charge in [-0.1, -0.05) is 27.7 Å². The lowest BCUT2D eigenvalue weighted by molar-refractivity contribution is -0.143. The van der Waals surface area contributed by atoms with Crippen molar-refractivity contribution in [3.8, 4) is 0 Å². The summed E-state index contributed by atoms with van der Waals surface area (Å²) < 4.78 is 0. The van der Waals surface area contributed by atoms with Crippen molar-refractivity contribution in [2.75, 3.05) is 13.1 Å². The van der Waals surface area contributed by atoms with Crippen LogP contribution in [0.1, 0.15) is 47.0 Å². The van der Waals surface area contributed by atoms with E-state index < -0.39 is 36.5 Å². The first kappa shape index (κ1) is 22.9. The number of amides is 3. The maximum Gasteiger partial charge on any atom is 0.322 e. The molecule has 1 fully saturated rings. The minimum atomic E-state index is -1.15. The minimum absolute atomic E-state index is 0.184. The van der Waals surface area contributed by atoms with Gasteiger partial charge >= 0.3 is 5.97 Å². The number of nitrogens with one attached hydrogen (secondary N) is 2. The van der Waals surface area contributed by atoms with Gasteiger partial charge in [0.05, 0.1) is 6.04 Å². The topological polar surface area (TPSA) is 142 Å². The third kappa shape index (κ3) is 6.82. The summed E-state index contributed by atoms with van der Waals surface area (Å²) in [6.07, 6.45) is 1.61. The molecular weight excluding hydrogens is 352 g/mol. The molecule has 5 N–H and O–H groups in total. The Balaban J connectivity index is 2.82. The summed E-state index contributed by atoms with van der Waals surface area (Å²) in [5, 5.41) is 13.7. The fourth-order valence-electron chi connectivity index (χ4n) is 3.15. The van der Waals surface area contributed by atoms with Crippen molar-refractivity contribution >= 4 is 23.7 Å². The van der Waals surface area contributed by atoms with Crippen LogP contribution in [0.4, 0.5) is 0 Å². The van der Waals surface area contributed by atoms with Crippen LogP contribution in [0, 0.1) is 11.8 Å². The van der Waals surface area contributed by atoms with Crippen molar-refractivity contribution in [2.24, 2.45) is 17.6 Å². The maximum absolute atomic E-state index is 13.0. The number of carbonyl (C=O) groups excluding carboxylic acids is 3. The van der Waals surface area contributed by atoms with Gasteiger partial charge in [-0.15, -0.1) is 0 Å². The average molecular weight is 384 g/mol. The predicted octanol–water partition coefficient (Wildman–Crippen LogP) is -0.308. The second-order valence-corrected chi connectivity index (χ2v) is 7.77. The number of carboxylic acid groups (broad SMARTS) is 1. The van der Waals surface area contributed by atoms with Gasteiger partial charge in [-0.2, -0.15) is 0 Å². The number of hydrogen-bond acceptors (Lipinski definition) is 5. The van der Waals surface area contributed by atoms with Gasteiger partial charge in [0.15, 0.2) is 0 Å². The Morgan fingerprint density at radius 3 is 2.33 bits per heavy atom. The molecule has 0 saturated carbocycles. The standard InChI is InChI=1S/C18H32N4O5/c1-10(2)8-12(19)16(25)21-15(11(3)4)18(27)22-7-5-6-13(22)17(26)20-9-14(23)24/h10-13,15H,5-9,19H2,1-4H3,(H,20,26)(H,21,25)(H,23,24). The molecule has 0 bridgehead atoms. The summed E-state index contributed by atoms with van der Waals surface area (Å²) in [5.41, 5.74) is 5.91. The summed E-state index contributed by atoms with van der Waals surface area (Å²) in [6.45, 7) is 7.44. The zero-order valence-electron chi connectivity index (χ0n) is 16.5. The molecule has 0 aromatic carbocycles. The summed E-state index contributed by atoms with van der Waals surface area (Å²) in [7, 11) is 0. The van der Waals surface area contributed by atoms with Gasteiger partial charge in [0, 0.05) is 6.54 Å². The number of carboxylic acids is 1. The Hall–Kier alpha value is -2.16. The monoisotopic (exact) mass is 384 g/mol. The number of carbonyl (C=O) groups is 4. The average Bonchev–Trinajstić information content (AvgIpc) is 3.05. The minimum Gasteiger partial charge on any atom is -0.480 e. The predicted molar refractivity (Wildman–Crippen MR) is 99.6 cm³/mol. The molecule has 0 aromatic rings. The SMILES string of the molecule is CC(C)CC(N)C(=O)NC(C(=O)N1CCCC1C(=O)NCC(=O)O)C(C)C. The quantitative estimate of drug-likeness (QED) is 0.430. The van der Waals surface area contributed by atoms with Gasteiger partial charge in [-0.3, -0.25) is 19.2 Å². The first-order valence-electron chi connectivity index (χ1n) is 9.40. The van der Waals surface area contributed by atoms with Crippen LogP contribution in [0.5, 0.6) is 0 Å². The normalized spacial score (nSPS) is 19.1. The van der Waals surface area contributed by atoms with E-state index in [2.05, 4.69) is 10.6 Å². The second kappa shape index (κ2) is 10.2. The second-order valence-electron chi connectivity index (χ2n) is 7.77. The lowest BCUT2D eigenvalue weighted by Crippen LogP contribution is -2.57. The molecule has 0 aromatic heterocycles. The Labute approximate surface area is 160 Å². The van der Waals surface area contributed by atoms with Crippen LogP contribution in [0.25, 0.3) is 0 Å². The van der Waals surface area contributed by atoms with Gasteiger partial charge in [0.1, 0.15) is 18.6 Å². The van der Waals surface area contributed by atoms with Crippen LogP contribution < -0.4 is 16.4 Å². The fraction of sp³-hybridized carbons (Fsp3) is 0.778. The van der Waals surface area contributed by atoms with E-state index in [4.69, 9.17) is 10.8 Å². The van der Waals surface area contributed by atoms with Crippen molar-refractivity contribution in [1.82, 2.24) is 15.5 Å². The third-order valence-corrected chi connectivity index (χ3v) is 4.54. The highest BCUT2D eigenvalue weighted by Crippen LogP contribution is 2.20. The number of hydrogen-bond donors (Lipinski definition) is 4. The fourth-order valence-corrected chi connectivity index (χ4v) is 3.15. The van der Waals surface area contributed by atoms with Crippen LogP contribution in [0.3, 0.4) is 0 Å². The van der Waals surface area contributed by atoms with Gasteiger partial charge in [-0.05, 0) is 31.1 Å². The molecule has 27 heavy (non-hydrogen) atoms. The molecule has 3 unspecified atom stereocenters. The van der Waals surface area contributed by atoms with Crippen LogP contribution in [-0.2, 0) is 19.2 Å². The zero-order valence-corrected chi connectivity index (χ0v) is 16.5. The molecule has 1 aliphatic heterocycles. The van der Waals surface area contributed by atoms with E-state index in [1.165, 1.54) is 4.90 Å². The van der Waals surface area contributed by atoms with Crippen LogP contribution in [0.2, 0.25) is 0 Å². The van der Waals surface area contributed by atoms with E-state index in [0.29, 0.717) is 25.8 Å². The Kier molecular flexibility index (Phi) is 8.68. The third-order valence-electron chi connectivity index (χ3n) is 4.54. The van der Waals surface area contributed by atoms with Gasteiger partial charge in [0.25, 0.3) is 0 Å². The van der Waals surface area contributed by atoms with Crippen LogP contribution in [0.15, 0.2) is 0 Å². The smallest absolute Gasteiger partial charge is 0.322 e. The molecule has 1 aliphatic rings. The van der Waals surface area contributed by atoms with E-state index in [9.17, 15) is 19.2 Å². The lowest BCUT2D eigenvalue weighted by atomic mass is 9.99. The highest BCUT2D eigenvalue weighted by Gasteiger charge is 2.39. The van der Waals surface area contributed by atoms with E-state index in [0.717, 1.165) is 0 Å². The highest BCUT2D eigenvalue weighted by molar-refractivity contribution is 5.94. The molecule has 1 saturated heterocycles. The molecule has 0 spiro atoms. The molecule has 0 aliphatic carbocycles. The Morgan fingerprint density at radius 2 is 1.81 bits per heavy atom. The highest BCUT2D eigenvalue weighted by atomic mass is 16.4. The number of aliphatic carboxylic acids is 1. The molecule has 154 valence electrons. The van der Waals surface area contributed by atoms with Crippen molar-refractivity contribution in [1.29, 1.82) is 0 Å². The van der Waals surface area contributed by atoms with E-state index in [-0.39, 0.29) is 23.7 Å². The summed E-state index contributed by atoms with van der Waals surface area (Å²) in [6, 6.07) is -2.21. The molecule has 9 nitrogen and oxygen atoms in total. The number of rotatable bonds is 9. The molecular formula is C18H32N4O5. The maximum atomic E-state index is 13.0. The van der Waals surface area contributed by atoms with Gasteiger partial charge in [0.2, 0.25) is 17.7 Å². The molecule has 1 rings (SSSR count). The van der Waals surface area contributed by atoms with Crippen LogP contribution >= 0.6 is 0 Å². The van der Waals surface area contributed by atoms with E-state index in [1.54, 1.807) is 0 Å². The van der Waals surface area contributed by atoms with E-state index in [1.807, 2.05) is 27.7 Å². The van der Waals surface area contributed by atoms with Crippen molar-refractivity contribution in [3.05, 3.63) is 0 Å². The molecule has 9 heteroatoms. The Bertz CT molecular complexity index is 564. The Morgan fingerprint density at radius 1 is 1.19 bits per heavy atom. The first-order chi connectivity index (χ1) is 12.5. The molecule has 0 radical (unpaired) electrons. The van der Waals surface area contributed by atoms with Crippen molar-refractivity contribution in [2.45, 2.75) is 65.1 Å². The molecule has 1 heterocycles. The largest absolute Gasteiger partial charge is 0.480 e. The van der Waals surface area contributed by atoms with Crippen molar-refractivity contribution in [3.63, 3.8) is 0 Å². The summed E-state index contributed by atoms with van der Waals surface area (Å²) >= 11 is 0. The van der Waals surface area contributed by atoms with Gasteiger partial charge in [-0.25, -0.2) is 0 Å². The van der Waals surface area contributed by atoms with Crippen molar-refractivity contribution < 1.29 is 24.3 Å². The molecule has 3 atom stereocenters. The van der Waals surface area contributed by atoms with E-state index >= 15 is 0 Å². The first-order valence-corrected chi connectivity index (χ1v) is 9.40. The summed E-state index contributed by atoms with van der Waals surface area (Å²) in [5.74, 6) is -2.31. The molecule has 3 amide bonds. The van der Waals surface area contributed by atoms with Crippen LogP contribution in [-0.4, -0.2) is 64.9 Å².